The molecule has 2 N–H and O–H groups in total. The number of nitrogens with zero attached hydrogens (tertiary/aromatic N) is 2. The number of sulfonamides is 1. The lowest BCUT2D eigenvalue weighted by Gasteiger charge is -2.31. The number of hydrogen-bond acceptors (Lipinski definition) is 9. The first-order valence-electron chi connectivity index (χ1n) is 15.7. The molecule has 0 saturated carbocycles. The molecule has 12 nitrogen and oxygen atoms in total. The maximum atomic E-state index is 13.4. The molecule has 3 aromatic carbocycles. The van der Waals surface area contributed by atoms with Gasteiger partial charge >= 0.3 is 0 Å². The number of imide groups is 1. The predicted molar refractivity (Wildman–Crippen MR) is 183 cm³/mol. The first kappa shape index (κ1) is 36.0. The van der Waals surface area contributed by atoms with Crippen molar-refractivity contribution in [2.24, 2.45) is 11.8 Å². The number of carbonyl (C=O) groups excluding carboxylic acids is 3. The van der Waals surface area contributed by atoms with Crippen molar-refractivity contribution in [3.8, 4) is 5.75 Å². The van der Waals surface area contributed by atoms with Gasteiger partial charge in [0.25, 0.3) is 17.7 Å². The molecule has 0 radical (unpaired) electrons. The van der Waals surface area contributed by atoms with Crippen LogP contribution in [0, 0.1) is 18.8 Å². The average Bonchev–Trinajstić information content (AvgIpc) is 3.32. The Labute approximate surface area is 290 Å². The van der Waals surface area contributed by atoms with Crippen molar-refractivity contribution in [1.29, 1.82) is 0 Å². The highest BCUT2D eigenvalue weighted by Gasteiger charge is 2.37. The van der Waals surface area contributed by atoms with Crippen LogP contribution < -0.4 is 15.0 Å². The molecule has 2 aliphatic rings. The van der Waals surface area contributed by atoms with Gasteiger partial charge in [-0.3, -0.25) is 14.4 Å². The summed E-state index contributed by atoms with van der Waals surface area (Å²) in [5.74, 6) is -0.819. The molecule has 49 heavy (non-hydrogen) atoms. The lowest BCUT2D eigenvalue weighted by Crippen LogP contribution is -2.38. The van der Waals surface area contributed by atoms with Crippen LogP contribution in [-0.4, -0.2) is 75.3 Å². The van der Waals surface area contributed by atoms with Crippen LogP contribution in [0.25, 0.3) is 0 Å². The largest absolute Gasteiger partial charge is 0.497 e. The Bertz CT molecular complexity index is 1880. The van der Waals surface area contributed by atoms with Gasteiger partial charge < -0.3 is 24.6 Å². The molecule has 0 aliphatic carbocycles. The second kappa shape index (κ2) is 15.1. The van der Waals surface area contributed by atoms with Crippen LogP contribution in [0.1, 0.15) is 46.5 Å². The maximum Gasteiger partial charge on any atom is 0.290 e. The molecule has 2 atom stereocenters. The fraction of sp³-hybridized carbons (Fsp3) is 0.343. The molecule has 0 bridgehead atoms. The van der Waals surface area contributed by atoms with E-state index in [1.54, 1.807) is 49.4 Å². The molecule has 5 rings (SSSR count). The van der Waals surface area contributed by atoms with Crippen LogP contribution >= 0.6 is 11.6 Å². The minimum absolute atomic E-state index is 0.0481. The first-order chi connectivity index (χ1) is 23.3. The fourth-order valence-corrected chi connectivity index (χ4v) is 7.25. The SMILES string of the molecule is COc1ccc(S(=O)(=O)N(CCO)CCOC2CC(C(C)C)C=C(C(=O)Nc3ccc(N4C(=O)c5ccc(Cl)cc5C4=O)c(C)c3)O2)cc1. The van der Waals surface area contributed by atoms with Crippen LogP contribution in [0.5, 0.6) is 5.75 Å². The normalized spacial score (nSPS) is 17.6. The molecule has 260 valence electrons. The van der Waals surface area contributed by atoms with Crippen molar-refractivity contribution in [3.63, 3.8) is 0 Å². The number of carbonyl (C=O) groups is 3. The topological polar surface area (TPSA) is 152 Å². The van der Waals surface area contributed by atoms with E-state index in [4.69, 9.17) is 25.8 Å². The van der Waals surface area contributed by atoms with Gasteiger partial charge in [-0.15, -0.1) is 0 Å². The van der Waals surface area contributed by atoms with Gasteiger partial charge in [-0.2, -0.15) is 4.31 Å². The Hall–Kier alpha value is -4.27. The highest BCUT2D eigenvalue weighted by Crippen LogP contribution is 2.34. The van der Waals surface area contributed by atoms with Crippen LogP contribution in [0.2, 0.25) is 5.02 Å². The van der Waals surface area contributed by atoms with Gasteiger partial charge in [-0.1, -0.05) is 25.4 Å². The predicted octanol–water partition coefficient (Wildman–Crippen LogP) is 5.00. The molecule has 0 aromatic heterocycles. The van der Waals surface area contributed by atoms with Crippen LogP contribution in [0.15, 0.2) is 77.4 Å². The molecule has 14 heteroatoms. The Morgan fingerprint density at radius 2 is 1.78 bits per heavy atom. The number of halogens is 1. The van der Waals surface area contributed by atoms with Crippen molar-refractivity contribution >= 4 is 50.7 Å². The zero-order valence-corrected chi connectivity index (χ0v) is 29.1. The summed E-state index contributed by atoms with van der Waals surface area (Å²) in [4.78, 5) is 40.7. The third kappa shape index (κ3) is 7.81. The number of amides is 3. The average molecular weight is 712 g/mol. The number of hydrogen-bond donors (Lipinski definition) is 2. The number of anilines is 2. The molecule has 2 unspecified atom stereocenters. The van der Waals surface area contributed by atoms with Gasteiger partial charge in [-0.25, -0.2) is 13.3 Å². The van der Waals surface area contributed by atoms with Crippen LogP contribution in [0.3, 0.4) is 0 Å². The van der Waals surface area contributed by atoms with Gasteiger partial charge in [0, 0.05) is 30.2 Å². The van der Waals surface area contributed by atoms with E-state index in [9.17, 15) is 27.9 Å². The van der Waals surface area contributed by atoms with Crippen molar-refractivity contribution in [2.45, 2.75) is 38.4 Å². The van der Waals surface area contributed by atoms with E-state index in [1.165, 1.54) is 31.4 Å². The number of methoxy groups -OCH3 is 1. The van der Waals surface area contributed by atoms with E-state index in [-0.39, 0.29) is 59.9 Å². The summed E-state index contributed by atoms with van der Waals surface area (Å²) in [6.07, 6.45) is 1.36. The standard InChI is InChI=1S/C35H38ClN3O9S/c1-21(2)23-18-31(48-32(19-23)47-16-14-38(13-15-40)49(44,45)27-9-7-26(46-4)8-10-27)33(41)37-25-6-12-30(22(3)17-25)39-34(42)28-11-5-24(36)20-29(28)35(39)43/h5-12,17-18,20-21,23,32,40H,13-16,19H2,1-4H3,(H,37,41). The number of aryl methyl sites for hydroxylation is 1. The lowest BCUT2D eigenvalue weighted by atomic mass is 9.90. The number of benzene rings is 3. The fourth-order valence-electron chi connectivity index (χ4n) is 5.66. The molecule has 0 spiro atoms. The summed E-state index contributed by atoms with van der Waals surface area (Å²) in [5, 5.41) is 12.7. The molecular formula is C35H38ClN3O9S. The third-order valence-corrected chi connectivity index (χ3v) is 10.6. The van der Waals surface area contributed by atoms with Crippen LogP contribution in [0.4, 0.5) is 11.4 Å². The monoisotopic (exact) mass is 711 g/mol. The Morgan fingerprint density at radius 1 is 1.06 bits per heavy atom. The number of aliphatic hydroxyl groups excluding tert-OH is 1. The summed E-state index contributed by atoms with van der Waals surface area (Å²) in [5.41, 5.74) is 1.88. The summed E-state index contributed by atoms with van der Waals surface area (Å²) < 4.78 is 44.7. The van der Waals surface area contributed by atoms with Crippen LogP contribution in [-0.2, 0) is 24.3 Å². The zero-order valence-electron chi connectivity index (χ0n) is 27.5. The van der Waals surface area contributed by atoms with Gasteiger partial charge in [0.1, 0.15) is 5.75 Å². The van der Waals surface area contributed by atoms with Crippen molar-refractivity contribution < 1.29 is 42.1 Å². The molecule has 2 aliphatic heterocycles. The summed E-state index contributed by atoms with van der Waals surface area (Å²) >= 11 is 6.04. The van der Waals surface area contributed by atoms with E-state index in [0.717, 1.165) is 9.21 Å². The highest BCUT2D eigenvalue weighted by atomic mass is 35.5. The van der Waals surface area contributed by atoms with E-state index >= 15 is 0 Å². The van der Waals surface area contributed by atoms with Crippen molar-refractivity contribution in [3.05, 3.63) is 94.2 Å². The van der Waals surface area contributed by atoms with Gasteiger partial charge in [-0.05, 0) is 91.1 Å². The summed E-state index contributed by atoms with van der Waals surface area (Å²) in [7, 11) is -2.45. The summed E-state index contributed by atoms with van der Waals surface area (Å²) in [6, 6.07) is 15.3. The minimum Gasteiger partial charge on any atom is -0.497 e. The smallest absolute Gasteiger partial charge is 0.290 e. The van der Waals surface area contributed by atoms with Gasteiger partial charge in [0.15, 0.2) is 5.76 Å². The van der Waals surface area contributed by atoms with Crippen molar-refractivity contribution in [1.82, 2.24) is 4.31 Å². The molecule has 3 aromatic rings. The number of nitrogens with one attached hydrogen (secondary N) is 1. The maximum absolute atomic E-state index is 13.4. The number of fused-ring (bicyclic) bond motifs is 1. The molecule has 2 heterocycles. The zero-order chi connectivity index (χ0) is 35.5. The molecular weight excluding hydrogens is 674 g/mol. The number of aliphatic hydroxyl groups is 1. The van der Waals surface area contributed by atoms with Crippen molar-refractivity contribution in [2.75, 3.05) is 43.6 Å². The highest BCUT2D eigenvalue weighted by molar-refractivity contribution is 7.89. The number of ether oxygens (including phenoxy) is 3. The minimum atomic E-state index is -3.93. The lowest BCUT2D eigenvalue weighted by molar-refractivity contribution is -0.148. The number of allylic oxidation sites excluding steroid dienone is 1. The first-order valence-corrected chi connectivity index (χ1v) is 17.5. The van der Waals surface area contributed by atoms with E-state index < -0.39 is 34.0 Å². The quantitative estimate of drug-likeness (QED) is 0.234. The molecule has 0 saturated heterocycles. The second-order valence-electron chi connectivity index (χ2n) is 12.0. The number of rotatable bonds is 13. The Balaban J connectivity index is 1.24. The molecule has 3 amide bonds. The van der Waals surface area contributed by atoms with Gasteiger partial charge in [0.05, 0.1) is 42.0 Å². The Morgan fingerprint density at radius 3 is 2.43 bits per heavy atom. The van der Waals surface area contributed by atoms with E-state index in [0.29, 0.717) is 34.1 Å². The molecule has 0 fully saturated rings. The third-order valence-electron chi connectivity index (χ3n) is 8.40. The second-order valence-corrected chi connectivity index (χ2v) is 14.4. The van der Waals surface area contributed by atoms with Gasteiger partial charge in [0.2, 0.25) is 16.3 Å². The van der Waals surface area contributed by atoms with E-state index in [1.807, 2.05) is 13.8 Å². The summed E-state index contributed by atoms with van der Waals surface area (Å²) in [6.45, 7) is 5.13. The Kier molecular flexibility index (Phi) is 11.1. The van der Waals surface area contributed by atoms with E-state index in [2.05, 4.69) is 5.32 Å².